The van der Waals surface area contributed by atoms with Crippen molar-refractivity contribution < 1.29 is 23.1 Å². The molecule has 0 aliphatic carbocycles. The fourth-order valence-corrected chi connectivity index (χ4v) is 2.26. The lowest BCUT2D eigenvalue weighted by molar-refractivity contribution is -0.308. The summed E-state index contributed by atoms with van der Waals surface area (Å²) in [6, 6.07) is 0.870. The fourth-order valence-electron chi connectivity index (χ4n) is 1.17. The summed E-state index contributed by atoms with van der Waals surface area (Å²) in [6.45, 7) is 1.59. The van der Waals surface area contributed by atoms with Crippen molar-refractivity contribution >= 4 is 17.3 Å². The molecule has 6 heteroatoms. The summed E-state index contributed by atoms with van der Waals surface area (Å²) >= 11 is 0.797. The highest BCUT2D eigenvalue weighted by atomic mass is 32.1. The number of aliphatic carboxylic acids is 1. The van der Waals surface area contributed by atoms with Crippen LogP contribution in [0.5, 0.6) is 0 Å². The van der Waals surface area contributed by atoms with Gasteiger partial charge < -0.3 is 9.90 Å². The largest absolute Gasteiger partial charge is 0.549 e. The van der Waals surface area contributed by atoms with Gasteiger partial charge in [-0.1, -0.05) is 6.92 Å². The van der Waals surface area contributed by atoms with E-state index in [0.717, 1.165) is 22.8 Å². The average molecular weight is 237 g/mol. The van der Waals surface area contributed by atoms with Crippen molar-refractivity contribution in [1.29, 1.82) is 0 Å². The van der Waals surface area contributed by atoms with Crippen molar-refractivity contribution in [2.75, 3.05) is 0 Å². The van der Waals surface area contributed by atoms with Gasteiger partial charge in [-0.2, -0.15) is 13.2 Å². The van der Waals surface area contributed by atoms with Crippen LogP contribution in [0.25, 0.3) is 0 Å². The van der Waals surface area contributed by atoms with Crippen molar-refractivity contribution in [3.8, 4) is 0 Å². The van der Waals surface area contributed by atoms with E-state index in [2.05, 4.69) is 0 Å². The van der Waals surface area contributed by atoms with Gasteiger partial charge in [-0.25, -0.2) is 0 Å². The highest BCUT2D eigenvalue weighted by Gasteiger charge is 2.32. The Hall–Kier alpha value is -1.04. The maximum Gasteiger partial charge on any atom is 0.417 e. The number of carboxylic acids is 1. The lowest BCUT2D eigenvalue weighted by atomic mass is 10.0. The number of alkyl halides is 3. The summed E-state index contributed by atoms with van der Waals surface area (Å²) in [5.74, 6) is -2.29. The monoisotopic (exact) mass is 237 g/mol. The molecular formula is C9H8F3O2S-. The number of hydrogen-bond donors (Lipinski definition) is 0. The van der Waals surface area contributed by atoms with E-state index in [1.165, 1.54) is 0 Å². The van der Waals surface area contributed by atoms with Gasteiger partial charge in [0.15, 0.2) is 0 Å². The number of carboxylic acid groups (broad SMARTS) is 1. The van der Waals surface area contributed by atoms with E-state index in [9.17, 15) is 23.1 Å². The molecule has 1 rings (SSSR count). The molecule has 0 bridgehead atoms. The summed E-state index contributed by atoms with van der Waals surface area (Å²) in [5.41, 5.74) is -0.804. The topological polar surface area (TPSA) is 40.1 Å². The molecule has 0 saturated heterocycles. The number of halogens is 3. The van der Waals surface area contributed by atoms with Crippen LogP contribution in [-0.2, 0) is 11.0 Å². The number of carbonyl (C=O) groups excluding carboxylic acids is 1. The molecule has 0 aliphatic rings. The second kappa shape index (κ2) is 4.22. The van der Waals surface area contributed by atoms with Gasteiger partial charge in [-0.05, 0) is 12.5 Å². The lowest BCUT2D eigenvalue weighted by Gasteiger charge is -2.13. The predicted molar refractivity (Wildman–Crippen MR) is 47.4 cm³/mol. The molecule has 0 amide bonds. The molecule has 84 valence electrons. The summed E-state index contributed by atoms with van der Waals surface area (Å²) in [7, 11) is 0. The van der Waals surface area contributed by atoms with Crippen LogP contribution < -0.4 is 5.11 Å². The summed E-state index contributed by atoms with van der Waals surface area (Å²) in [4.78, 5) is 10.8. The van der Waals surface area contributed by atoms with E-state index in [0.29, 0.717) is 0 Å². The van der Waals surface area contributed by atoms with Gasteiger partial charge in [-0.15, -0.1) is 11.3 Å². The van der Waals surface area contributed by atoms with Gasteiger partial charge >= 0.3 is 6.18 Å². The molecule has 1 heterocycles. The van der Waals surface area contributed by atoms with Crippen molar-refractivity contribution in [3.63, 3.8) is 0 Å². The SMILES string of the molecule is CCC(C(=O)[O-])c1cc(C(F)(F)F)cs1. The van der Waals surface area contributed by atoms with Crippen LogP contribution in [0.3, 0.4) is 0 Å². The summed E-state index contributed by atoms with van der Waals surface area (Å²) < 4.78 is 36.6. The molecule has 0 aromatic carbocycles. The van der Waals surface area contributed by atoms with E-state index in [1.807, 2.05) is 0 Å². The Morgan fingerprint density at radius 1 is 1.60 bits per heavy atom. The average Bonchev–Trinajstić information content (AvgIpc) is 2.52. The number of carbonyl (C=O) groups is 1. The second-order valence-electron chi connectivity index (χ2n) is 3.02. The number of thiophene rings is 1. The van der Waals surface area contributed by atoms with Gasteiger partial charge in [0, 0.05) is 22.1 Å². The van der Waals surface area contributed by atoms with Crippen LogP contribution in [0.15, 0.2) is 11.4 Å². The first kappa shape index (κ1) is 12.0. The van der Waals surface area contributed by atoms with Crippen LogP contribution in [0.1, 0.15) is 29.7 Å². The van der Waals surface area contributed by atoms with E-state index >= 15 is 0 Å². The molecule has 0 spiro atoms. The zero-order valence-corrected chi connectivity index (χ0v) is 8.61. The molecule has 0 saturated carbocycles. The quantitative estimate of drug-likeness (QED) is 0.806. The van der Waals surface area contributed by atoms with Crippen molar-refractivity contribution in [2.24, 2.45) is 0 Å². The maximum absolute atomic E-state index is 12.2. The molecular weight excluding hydrogens is 229 g/mol. The van der Waals surface area contributed by atoms with E-state index in [-0.39, 0.29) is 11.3 Å². The Bertz CT molecular complexity index is 356. The van der Waals surface area contributed by atoms with Crippen LogP contribution >= 0.6 is 11.3 Å². The molecule has 1 aromatic heterocycles. The normalized spacial score (nSPS) is 13.9. The minimum absolute atomic E-state index is 0.185. The van der Waals surface area contributed by atoms with Crippen LogP contribution in [0, 0.1) is 0 Å². The molecule has 1 aromatic rings. The lowest BCUT2D eigenvalue weighted by Crippen LogP contribution is -2.28. The number of rotatable bonds is 3. The Labute approximate surface area is 88.3 Å². The molecule has 2 nitrogen and oxygen atoms in total. The highest BCUT2D eigenvalue weighted by molar-refractivity contribution is 7.10. The molecule has 0 fully saturated rings. The molecule has 1 atom stereocenters. The van der Waals surface area contributed by atoms with Crippen LogP contribution in [-0.4, -0.2) is 5.97 Å². The standard InChI is InChI=1S/C9H9F3O2S/c1-2-6(8(13)14)7-3-5(4-15-7)9(10,11)12/h3-4,6H,2H2,1H3,(H,13,14)/p-1. The van der Waals surface area contributed by atoms with Gasteiger partial charge in [0.25, 0.3) is 0 Å². The zero-order chi connectivity index (χ0) is 11.6. The maximum atomic E-state index is 12.2. The third-order valence-corrected chi connectivity index (χ3v) is 3.03. The Morgan fingerprint density at radius 2 is 2.20 bits per heavy atom. The molecule has 0 aliphatic heterocycles. The number of hydrogen-bond acceptors (Lipinski definition) is 3. The third kappa shape index (κ3) is 2.71. The van der Waals surface area contributed by atoms with E-state index in [1.54, 1.807) is 6.92 Å². The first-order chi connectivity index (χ1) is 6.86. The smallest absolute Gasteiger partial charge is 0.417 e. The van der Waals surface area contributed by atoms with Crippen molar-refractivity contribution in [2.45, 2.75) is 25.4 Å². The first-order valence-corrected chi connectivity index (χ1v) is 5.10. The minimum Gasteiger partial charge on any atom is -0.549 e. The minimum atomic E-state index is -4.42. The Balaban J connectivity index is 2.97. The zero-order valence-electron chi connectivity index (χ0n) is 7.80. The van der Waals surface area contributed by atoms with Crippen LogP contribution in [0.2, 0.25) is 0 Å². The fraction of sp³-hybridized carbons (Fsp3) is 0.444. The van der Waals surface area contributed by atoms with Crippen molar-refractivity contribution in [1.82, 2.24) is 0 Å². The van der Waals surface area contributed by atoms with Gasteiger partial charge in [0.05, 0.1) is 5.56 Å². The first-order valence-electron chi connectivity index (χ1n) is 4.22. The second-order valence-corrected chi connectivity index (χ2v) is 3.96. The molecule has 0 N–H and O–H groups in total. The highest BCUT2D eigenvalue weighted by Crippen LogP contribution is 2.35. The van der Waals surface area contributed by atoms with Gasteiger partial charge in [0.2, 0.25) is 0 Å². The Morgan fingerprint density at radius 3 is 2.53 bits per heavy atom. The third-order valence-electron chi connectivity index (χ3n) is 1.98. The van der Waals surface area contributed by atoms with E-state index in [4.69, 9.17) is 0 Å². The molecule has 1 unspecified atom stereocenters. The molecule has 0 radical (unpaired) electrons. The van der Waals surface area contributed by atoms with Crippen LogP contribution in [0.4, 0.5) is 13.2 Å². The Kier molecular flexibility index (Phi) is 3.38. The predicted octanol–water partition coefficient (Wildman–Crippen LogP) is 2.01. The molecule has 15 heavy (non-hydrogen) atoms. The van der Waals surface area contributed by atoms with E-state index < -0.39 is 23.6 Å². The van der Waals surface area contributed by atoms with Gasteiger partial charge in [0.1, 0.15) is 0 Å². The van der Waals surface area contributed by atoms with Crippen molar-refractivity contribution in [3.05, 3.63) is 21.9 Å². The van der Waals surface area contributed by atoms with Gasteiger partial charge in [-0.3, -0.25) is 0 Å². The summed E-state index contributed by atoms with van der Waals surface area (Å²) in [6.07, 6.45) is -4.20. The summed E-state index contributed by atoms with van der Waals surface area (Å²) in [5, 5.41) is 11.5.